The van der Waals surface area contributed by atoms with Crippen LogP contribution in [0.4, 0.5) is 0 Å². The summed E-state index contributed by atoms with van der Waals surface area (Å²) in [5.41, 5.74) is 7.39. The van der Waals surface area contributed by atoms with E-state index in [1.165, 1.54) is 22.3 Å². The first-order valence-electron chi connectivity index (χ1n) is 8.21. The van der Waals surface area contributed by atoms with Gasteiger partial charge in [0.05, 0.1) is 4.70 Å². The monoisotopic (exact) mass is 344 g/mol. The van der Waals surface area contributed by atoms with Crippen LogP contribution < -0.4 is 4.94 Å². The summed E-state index contributed by atoms with van der Waals surface area (Å²) in [6.45, 7) is 0. The van der Waals surface area contributed by atoms with Crippen molar-refractivity contribution in [3.63, 3.8) is 0 Å². The normalized spacial score (nSPS) is 19.5. The number of rotatable bonds is 0. The summed E-state index contributed by atoms with van der Waals surface area (Å²) in [4.78, 5) is 11.5. The van der Waals surface area contributed by atoms with Crippen molar-refractivity contribution in [2.75, 3.05) is 0 Å². The zero-order chi connectivity index (χ0) is 16.7. The predicted molar refractivity (Wildman–Crippen MR) is 96.8 cm³/mol. The Bertz CT molecular complexity index is 1200. The van der Waals surface area contributed by atoms with Gasteiger partial charge in [-0.3, -0.25) is 0 Å². The molecule has 0 saturated heterocycles. The highest BCUT2D eigenvalue weighted by atomic mass is 32.1. The van der Waals surface area contributed by atoms with Crippen molar-refractivity contribution in [1.82, 2.24) is 0 Å². The Kier molecular flexibility index (Phi) is 2.37. The second-order valence-electron chi connectivity index (χ2n) is 6.63. The molecule has 3 aromatic carbocycles. The van der Waals surface area contributed by atoms with Crippen LogP contribution in [0.15, 0.2) is 63.8 Å². The highest BCUT2D eigenvalue weighted by Crippen LogP contribution is 2.59. The molecule has 25 heavy (non-hydrogen) atoms. The average Bonchev–Trinajstić information content (AvgIpc) is 3.01. The number of aromatic hydroxyl groups is 1. The molecule has 1 heterocycles. The van der Waals surface area contributed by atoms with Crippen molar-refractivity contribution in [3.8, 4) is 5.75 Å². The van der Waals surface area contributed by atoms with Gasteiger partial charge in [0.1, 0.15) is 5.75 Å². The fraction of sp³-hybridized carbons (Fsp3) is 0.0952. The maximum atomic E-state index is 11.9. The van der Waals surface area contributed by atoms with Crippen LogP contribution in [0.1, 0.15) is 45.2 Å². The van der Waals surface area contributed by atoms with E-state index in [4.69, 9.17) is 4.42 Å². The first-order chi connectivity index (χ1) is 12.2. The summed E-state index contributed by atoms with van der Waals surface area (Å²) < 4.78 is 6.27. The van der Waals surface area contributed by atoms with E-state index in [9.17, 15) is 9.90 Å². The summed E-state index contributed by atoms with van der Waals surface area (Å²) in [6.07, 6.45) is 0. The first-order valence-corrected chi connectivity index (χ1v) is 9.02. The van der Waals surface area contributed by atoms with Crippen molar-refractivity contribution in [3.05, 3.63) is 97.7 Å². The Labute approximate surface area is 146 Å². The topological polar surface area (TPSA) is 50.4 Å². The number of benzene rings is 3. The summed E-state index contributed by atoms with van der Waals surface area (Å²) >= 11 is 1.05. The van der Waals surface area contributed by atoms with Crippen LogP contribution in [0.3, 0.4) is 0 Å². The molecule has 4 aromatic rings. The van der Waals surface area contributed by atoms with Gasteiger partial charge in [-0.2, -0.15) is 0 Å². The van der Waals surface area contributed by atoms with E-state index in [0.717, 1.165) is 22.5 Å². The molecule has 0 spiro atoms. The number of phenols is 1. The number of hydrogen-bond acceptors (Lipinski definition) is 4. The molecule has 0 aliphatic heterocycles. The average molecular weight is 344 g/mol. The van der Waals surface area contributed by atoms with Crippen LogP contribution in [0.25, 0.3) is 10.3 Å². The molecule has 0 unspecified atom stereocenters. The second-order valence-corrected chi connectivity index (χ2v) is 7.61. The van der Waals surface area contributed by atoms with E-state index in [0.29, 0.717) is 10.3 Å². The first kappa shape index (κ1) is 13.4. The molecule has 3 aliphatic carbocycles. The third-order valence-corrected chi connectivity index (χ3v) is 6.27. The van der Waals surface area contributed by atoms with Gasteiger partial charge in [0.2, 0.25) is 0 Å². The Morgan fingerprint density at radius 3 is 1.92 bits per heavy atom. The lowest BCUT2D eigenvalue weighted by atomic mass is 9.61. The van der Waals surface area contributed by atoms with E-state index >= 15 is 0 Å². The van der Waals surface area contributed by atoms with E-state index in [-0.39, 0.29) is 22.5 Å². The minimum atomic E-state index is -0.328. The van der Waals surface area contributed by atoms with Crippen molar-refractivity contribution in [2.24, 2.45) is 0 Å². The molecule has 0 fully saturated rings. The molecule has 1 N–H and O–H groups in total. The van der Waals surface area contributed by atoms with E-state index in [1.807, 2.05) is 24.3 Å². The minimum Gasteiger partial charge on any atom is -0.508 e. The van der Waals surface area contributed by atoms with Gasteiger partial charge in [-0.1, -0.05) is 59.9 Å². The summed E-state index contributed by atoms with van der Waals surface area (Å²) in [7, 11) is 0. The van der Waals surface area contributed by atoms with Gasteiger partial charge in [0, 0.05) is 29.0 Å². The van der Waals surface area contributed by atoms with Crippen LogP contribution in [-0.2, 0) is 0 Å². The van der Waals surface area contributed by atoms with Crippen molar-refractivity contribution in [1.29, 1.82) is 0 Å². The predicted octanol–water partition coefficient (Wildman–Crippen LogP) is 4.55. The van der Waals surface area contributed by atoms with Gasteiger partial charge in [0.25, 0.3) is 0 Å². The molecule has 4 heteroatoms. The molecule has 3 nitrogen and oxygen atoms in total. The highest BCUT2D eigenvalue weighted by molar-refractivity contribution is 7.16. The number of phenolic OH excluding ortho intramolecular Hbond substituents is 1. The van der Waals surface area contributed by atoms with Gasteiger partial charge in [-0.15, -0.1) is 0 Å². The molecule has 1 aromatic heterocycles. The SMILES string of the molecule is O=c1oc2c3c(c(O)cc2s1)C1c2ccccc2C3c2ccccc21. The third kappa shape index (κ3) is 1.53. The molecular weight excluding hydrogens is 332 g/mol. The van der Waals surface area contributed by atoms with Gasteiger partial charge >= 0.3 is 4.94 Å². The summed E-state index contributed by atoms with van der Waals surface area (Å²) in [5, 5.41) is 10.8. The van der Waals surface area contributed by atoms with E-state index < -0.39 is 0 Å². The molecule has 0 amide bonds. The van der Waals surface area contributed by atoms with Crippen molar-refractivity contribution >= 4 is 21.6 Å². The molecule has 2 bridgehead atoms. The third-order valence-electron chi connectivity index (χ3n) is 5.49. The molecule has 120 valence electrons. The van der Waals surface area contributed by atoms with Gasteiger partial charge < -0.3 is 9.52 Å². The molecule has 0 saturated carbocycles. The molecule has 0 atom stereocenters. The van der Waals surface area contributed by atoms with E-state index in [1.54, 1.807) is 6.07 Å². The maximum absolute atomic E-state index is 11.9. The molecule has 0 radical (unpaired) electrons. The zero-order valence-electron chi connectivity index (χ0n) is 13.0. The largest absolute Gasteiger partial charge is 0.508 e. The zero-order valence-corrected chi connectivity index (χ0v) is 13.8. The Hall–Kier alpha value is -2.85. The summed E-state index contributed by atoms with van der Waals surface area (Å²) in [6, 6.07) is 18.4. The Morgan fingerprint density at radius 1 is 0.840 bits per heavy atom. The van der Waals surface area contributed by atoms with Crippen LogP contribution in [0.5, 0.6) is 5.75 Å². The quantitative estimate of drug-likeness (QED) is 0.440. The molecular formula is C21H12O3S. The Balaban J connectivity index is 1.84. The van der Waals surface area contributed by atoms with Crippen LogP contribution in [0, 0.1) is 0 Å². The van der Waals surface area contributed by atoms with E-state index in [2.05, 4.69) is 24.3 Å². The van der Waals surface area contributed by atoms with Gasteiger partial charge in [-0.05, 0) is 22.3 Å². The molecule has 7 rings (SSSR count). The van der Waals surface area contributed by atoms with Crippen molar-refractivity contribution < 1.29 is 9.52 Å². The van der Waals surface area contributed by atoms with Crippen molar-refractivity contribution in [2.45, 2.75) is 11.8 Å². The number of hydrogen-bond donors (Lipinski definition) is 1. The highest BCUT2D eigenvalue weighted by Gasteiger charge is 2.44. The Morgan fingerprint density at radius 2 is 1.36 bits per heavy atom. The fourth-order valence-corrected chi connectivity index (χ4v) is 5.38. The second kappa shape index (κ2) is 4.41. The van der Waals surface area contributed by atoms with Gasteiger partial charge in [0.15, 0.2) is 5.58 Å². The fourth-order valence-electron chi connectivity index (χ4n) is 4.66. The van der Waals surface area contributed by atoms with Crippen LogP contribution in [0.2, 0.25) is 0 Å². The van der Waals surface area contributed by atoms with Gasteiger partial charge in [-0.25, -0.2) is 4.79 Å². The lowest BCUT2D eigenvalue weighted by molar-refractivity contribution is 0.462. The summed E-state index contributed by atoms with van der Waals surface area (Å²) in [5.74, 6) is 0.209. The lowest BCUT2D eigenvalue weighted by Crippen LogP contribution is -2.27. The lowest BCUT2D eigenvalue weighted by Gasteiger charge is -2.42. The smallest absolute Gasteiger partial charge is 0.396 e. The standard InChI is InChI=1S/C21H12O3S/c22-14-9-15-20(24-21(23)25-15)19-17-12-7-3-1-5-10(12)16(18(14)19)11-6-2-4-8-13(11)17/h1-9,16-17,22H. The number of fused-ring (bicyclic) bond motifs is 1. The molecule has 3 aliphatic rings. The van der Waals surface area contributed by atoms with Crippen LogP contribution in [-0.4, -0.2) is 5.11 Å². The maximum Gasteiger partial charge on any atom is 0.396 e. The van der Waals surface area contributed by atoms with Crippen LogP contribution >= 0.6 is 11.3 Å². The minimum absolute atomic E-state index is 0.0141.